The van der Waals surface area contributed by atoms with Crippen molar-refractivity contribution in [2.75, 3.05) is 0 Å². The molecule has 108 valence electrons. The van der Waals surface area contributed by atoms with Gasteiger partial charge in [0.1, 0.15) is 5.76 Å². The fraction of sp³-hybridized carbons (Fsp3) is 0.714. The van der Waals surface area contributed by atoms with Gasteiger partial charge in [0.2, 0.25) is 5.91 Å². The lowest BCUT2D eigenvalue weighted by Crippen LogP contribution is -2.40. The summed E-state index contributed by atoms with van der Waals surface area (Å²) >= 11 is 0. The van der Waals surface area contributed by atoms with Crippen LogP contribution in [0.4, 0.5) is 0 Å². The fourth-order valence-corrected chi connectivity index (χ4v) is 1.99. The van der Waals surface area contributed by atoms with Crippen molar-refractivity contribution in [3.8, 4) is 0 Å². The molecule has 0 aromatic carbocycles. The Balaban J connectivity index is 2.63. The summed E-state index contributed by atoms with van der Waals surface area (Å²) in [5.41, 5.74) is 7.69. The molecule has 2 unspecified atom stereocenters. The Morgan fingerprint density at radius 1 is 1.42 bits per heavy atom. The van der Waals surface area contributed by atoms with Crippen molar-refractivity contribution < 1.29 is 9.32 Å². The van der Waals surface area contributed by atoms with Crippen molar-refractivity contribution in [2.45, 2.75) is 60.0 Å². The van der Waals surface area contributed by atoms with Gasteiger partial charge in [-0.05, 0) is 26.2 Å². The molecule has 1 heterocycles. The van der Waals surface area contributed by atoms with E-state index >= 15 is 0 Å². The number of nitrogens with two attached hydrogens (primary N) is 1. The van der Waals surface area contributed by atoms with Crippen LogP contribution >= 0.6 is 0 Å². The van der Waals surface area contributed by atoms with Crippen LogP contribution in [-0.2, 0) is 4.79 Å². The summed E-state index contributed by atoms with van der Waals surface area (Å²) < 4.78 is 5.11. The number of carbonyl (C=O) groups is 1. The van der Waals surface area contributed by atoms with Crippen molar-refractivity contribution >= 4 is 5.91 Å². The van der Waals surface area contributed by atoms with Gasteiger partial charge in [-0.25, -0.2) is 0 Å². The second-order valence-electron chi connectivity index (χ2n) is 6.20. The molecule has 0 saturated carbocycles. The standard InChI is InChI=1S/C14H25N3O2/c1-8(13-9(2)17-19-10(13)3)16-12(18)7-11(15)14(4,5)6/h8,11H,7,15H2,1-6H3,(H,16,18). The SMILES string of the molecule is Cc1noc(C)c1C(C)NC(=O)CC(N)C(C)(C)C. The van der Waals surface area contributed by atoms with Crippen molar-refractivity contribution in [3.63, 3.8) is 0 Å². The summed E-state index contributed by atoms with van der Waals surface area (Å²) in [6.07, 6.45) is 0.317. The Kier molecular flexibility index (Phi) is 4.74. The van der Waals surface area contributed by atoms with Crippen molar-refractivity contribution in [3.05, 3.63) is 17.0 Å². The van der Waals surface area contributed by atoms with Gasteiger partial charge in [0.25, 0.3) is 0 Å². The van der Waals surface area contributed by atoms with Gasteiger partial charge in [0, 0.05) is 18.0 Å². The first-order valence-corrected chi connectivity index (χ1v) is 6.60. The lowest BCUT2D eigenvalue weighted by Gasteiger charge is -2.27. The molecule has 19 heavy (non-hydrogen) atoms. The van der Waals surface area contributed by atoms with E-state index in [1.807, 2.05) is 41.5 Å². The average molecular weight is 267 g/mol. The second kappa shape index (κ2) is 5.74. The third-order valence-corrected chi connectivity index (χ3v) is 3.42. The Hall–Kier alpha value is -1.36. The molecule has 3 N–H and O–H groups in total. The van der Waals surface area contributed by atoms with Gasteiger partial charge in [0.15, 0.2) is 0 Å². The number of nitrogens with one attached hydrogen (secondary N) is 1. The second-order valence-corrected chi connectivity index (χ2v) is 6.20. The highest BCUT2D eigenvalue weighted by Crippen LogP contribution is 2.22. The molecule has 0 aliphatic carbocycles. The topological polar surface area (TPSA) is 81.2 Å². The molecule has 0 aliphatic rings. The summed E-state index contributed by atoms with van der Waals surface area (Å²) in [4.78, 5) is 12.0. The van der Waals surface area contributed by atoms with E-state index in [2.05, 4.69) is 10.5 Å². The number of amides is 1. The van der Waals surface area contributed by atoms with Crippen molar-refractivity contribution in [2.24, 2.45) is 11.1 Å². The molecule has 5 heteroatoms. The third-order valence-electron chi connectivity index (χ3n) is 3.42. The number of aromatic nitrogens is 1. The minimum atomic E-state index is -0.163. The van der Waals surface area contributed by atoms with Crippen LogP contribution in [0.2, 0.25) is 0 Å². The summed E-state index contributed by atoms with van der Waals surface area (Å²) in [5, 5.41) is 6.84. The minimum Gasteiger partial charge on any atom is -0.361 e. The summed E-state index contributed by atoms with van der Waals surface area (Å²) in [7, 11) is 0. The molecule has 0 saturated heterocycles. The smallest absolute Gasteiger partial charge is 0.222 e. The summed E-state index contributed by atoms with van der Waals surface area (Å²) in [5.74, 6) is 0.695. The number of nitrogens with zero attached hydrogens (tertiary/aromatic N) is 1. The lowest BCUT2D eigenvalue weighted by molar-refractivity contribution is -0.122. The molecule has 0 bridgehead atoms. The predicted molar refractivity (Wildman–Crippen MR) is 74.6 cm³/mol. The summed E-state index contributed by atoms with van der Waals surface area (Å²) in [6, 6.07) is -0.282. The first-order chi connectivity index (χ1) is 8.62. The van der Waals surface area contributed by atoms with Gasteiger partial charge in [-0.3, -0.25) is 4.79 Å². The normalized spacial score (nSPS) is 15.1. The van der Waals surface area contributed by atoms with Crippen LogP contribution in [0.25, 0.3) is 0 Å². The van der Waals surface area contributed by atoms with Gasteiger partial charge in [-0.2, -0.15) is 0 Å². The van der Waals surface area contributed by atoms with Crippen LogP contribution in [0.1, 0.15) is 57.2 Å². The number of hydrogen-bond donors (Lipinski definition) is 2. The molecule has 1 aromatic rings. The number of carbonyl (C=O) groups excluding carboxylic acids is 1. The van der Waals surface area contributed by atoms with Gasteiger partial charge in [-0.15, -0.1) is 0 Å². The first kappa shape index (κ1) is 15.7. The molecule has 1 aromatic heterocycles. The first-order valence-electron chi connectivity index (χ1n) is 6.60. The molecule has 0 fully saturated rings. The van der Waals surface area contributed by atoms with E-state index in [1.165, 1.54) is 0 Å². The predicted octanol–water partition coefficient (Wildman–Crippen LogP) is 2.23. The molecule has 0 aliphatic heterocycles. The largest absolute Gasteiger partial charge is 0.361 e. The molecule has 0 spiro atoms. The Bertz CT molecular complexity index is 427. The van der Waals surface area contributed by atoms with Crippen LogP contribution < -0.4 is 11.1 Å². The van der Waals surface area contributed by atoms with E-state index < -0.39 is 0 Å². The maximum atomic E-state index is 12.0. The van der Waals surface area contributed by atoms with Gasteiger partial charge in [0.05, 0.1) is 11.7 Å². The molecular weight excluding hydrogens is 242 g/mol. The average Bonchev–Trinajstić information content (AvgIpc) is 2.56. The Morgan fingerprint density at radius 3 is 2.42 bits per heavy atom. The van der Waals surface area contributed by atoms with Gasteiger partial charge >= 0.3 is 0 Å². The van der Waals surface area contributed by atoms with E-state index in [4.69, 9.17) is 10.3 Å². The maximum Gasteiger partial charge on any atom is 0.222 e. The highest BCUT2D eigenvalue weighted by atomic mass is 16.5. The molecule has 5 nitrogen and oxygen atoms in total. The van der Waals surface area contributed by atoms with E-state index in [9.17, 15) is 4.79 Å². The molecule has 1 amide bonds. The zero-order valence-corrected chi connectivity index (χ0v) is 12.7. The van der Waals surface area contributed by atoms with E-state index in [-0.39, 0.29) is 23.4 Å². The van der Waals surface area contributed by atoms with Crippen LogP contribution in [0.5, 0.6) is 0 Å². The summed E-state index contributed by atoms with van der Waals surface area (Å²) in [6.45, 7) is 11.7. The molecule has 2 atom stereocenters. The number of hydrogen-bond acceptors (Lipinski definition) is 4. The lowest BCUT2D eigenvalue weighted by atomic mass is 9.85. The van der Waals surface area contributed by atoms with E-state index in [1.54, 1.807) is 0 Å². The molecule has 1 rings (SSSR count). The zero-order valence-electron chi connectivity index (χ0n) is 12.7. The number of rotatable bonds is 4. The minimum absolute atomic E-state index is 0.0464. The Morgan fingerprint density at radius 2 is 2.00 bits per heavy atom. The van der Waals surface area contributed by atoms with Gasteiger partial charge < -0.3 is 15.6 Å². The highest BCUT2D eigenvalue weighted by Gasteiger charge is 2.25. The quantitative estimate of drug-likeness (QED) is 0.876. The van der Waals surface area contributed by atoms with Crippen molar-refractivity contribution in [1.82, 2.24) is 10.5 Å². The number of aryl methyl sites for hydroxylation is 2. The maximum absolute atomic E-state index is 12.0. The zero-order chi connectivity index (χ0) is 14.8. The molecule has 0 radical (unpaired) electrons. The van der Waals surface area contributed by atoms with Gasteiger partial charge in [-0.1, -0.05) is 25.9 Å². The van der Waals surface area contributed by atoms with Crippen LogP contribution in [0.15, 0.2) is 4.52 Å². The van der Waals surface area contributed by atoms with Crippen LogP contribution in [-0.4, -0.2) is 17.1 Å². The van der Waals surface area contributed by atoms with Crippen molar-refractivity contribution in [1.29, 1.82) is 0 Å². The van der Waals surface area contributed by atoms with Crippen LogP contribution in [0, 0.1) is 19.3 Å². The monoisotopic (exact) mass is 267 g/mol. The van der Waals surface area contributed by atoms with Crippen LogP contribution in [0.3, 0.4) is 0 Å². The third kappa shape index (κ3) is 4.06. The molecular formula is C14H25N3O2. The van der Waals surface area contributed by atoms with E-state index in [0.717, 1.165) is 17.0 Å². The highest BCUT2D eigenvalue weighted by molar-refractivity contribution is 5.77. The Labute approximate surface area is 114 Å². The fourth-order valence-electron chi connectivity index (χ4n) is 1.99. The van der Waals surface area contributed by atoms with E-state index in [0.29, 0.717) is 6.42 Å².